The van der Waals surface area contributed by atoms with Gasteiger partial charge in [0.1, 0.15) is 16.4 Å². The Kier molecular flexibility index (Phi) is 8.28. The zero-order valence-electron chi connectivity index (χ0n) is 20.9. The summed E-state index contributed by atoms with van der Waals surface area (Å²) in [6.45, 7) is 5.76. The average Bonchev–Trinajstić information content (AvgIpc) is 3.37. The van der Waals surface area contributed by atoms with Crippen molar-refractivity contribution >= 4 is 21.6 Å². The average molecular weight is 521 g/mol. The fourth-order valence-corrected chi connectivity index (χ4v) is 5.62. The highest BCUT2D eigenvalue weighted by Crippen LogP contribution is 2.32. The van der Waals surface area contributed by atoms with Gasteiger partial charge in [-0.25, -0.2) is 4.98 Å². The Morgan fingerprint density at radius 1 is 1.19 bits per heavy atom. The number of rotatable bonds is 10. The smallest absolute Gasteiger partial charge is 0.260 e. The van der Waals surface area contributed by atoms with E-state index in [1.54, 1.807) is 7.11 Å². The highest BCUT2D eigenvalue weighted by molar-refractivity contribution is 7.17. The van der Waals surface area contributed by atoms with Gasteiger partial charge in [-0.2, -0.15) is 0 Å². The van der Waals surface area contributed by atoms with Crippen molar-refractivity contribution < 1.29 is 14.6 Å². The molecule has 1 aliphatic rings. The number of aliphatic hydroxyl groups is 1. The number of nitrogens with zero attached hydrogens (tertiary/aromatic N) is 3. The number of hydrogen-bond donors (Lipinski definition) is 2. The number of fused-ring (bicyclic) bond motifs is 1. The first-order valence-corrected chi connectivity index (χ1v) is 13.4. The van der Waals surface area contributed by atoms with E-state index in [0.717, 1.165) is 61.8 Å². The molecule has 0 spiro atoms. The van der Waals surface area contributed by atoms with Crippen LogP contribution >= 0.6 is 11.3 Å². The molecule has 4 aromatic rings. The molecule has 37 heavy (non-hydrogen) atoms. The van der Waals surface area contributed by atoms with Crippen LogP contribution in [0.5, 0.6) is 5.75 Å². The molecular formula is C28H32N4O4S. The molecule has 8 nitrogen and oxygen atoms in total. The number of ether oxygens (including phenoxy) is 2. The molecule has 9 heteroatoms. The van der Waals surface area contributed by atoms with Crippen LogP contribution in [0.2, 0.25) is 0 Å². The lowest BCUT2D eigenvalue weighted by molar-refractivity contribution is 0.0288. The maximum atomic E-state index is 13.2. The van der Waals surface area contributed by atoms with Gasteiger partial charge in [0.25, 0.3) is 5.56 Å². The van der Waals surface area contributed by atoms with Gasteiger partial charge >= 0.3 is 0 Å². The summed E-state index contributed by atoms with van der Waals surface area (Å²) in [5.74, 6) is 1.34. The predicted molar refractivity (Wildman–Crippen MR) is 146 cm³/mol. The lowest BCUT2D eigenvalue weighted by atomic mass is 10.1. The van der Waals surface area contributed by atoms with E-state index in [1.807, 2.05) is 60.0 Å². The van der Waals surface area contributed by atoms with Crippen LogP contribution in [0.3, 0.4) is 0 Å². The molecule has 194 valence electrons. The molecule has 2 aromatic carbocycles. The Morgan fingerprint density at radius 3 is 2.78 bits per heavy atom. The van der Waals surface area contributed by atoms with Gasteiger partial charge in [-0.15, -0.1) is 11.3 Å². The SMILES string of the molecule is COc1cccc(-c2csc3nc(CN(CCN4CCOCC4)CC(O)c4ccccc4)[nH]c(=O)c23)c1. The minimum atomic E-state index is -0.636. The van der Waals surface area contributed by atoms with E-state index in [2.05, 4.69) is 14.8 Å². The van der Waals surface area contributed by atoms with Crippen molar-refractivity contribution in [2.45, 2.75) is 12.6 Å². The second-order valence-electron chi connectivity index (χ2n) is 9.19. The minimum absolute atomic E-state index is 0.157. The van der Waals surface area contributed by atoms with Crippen molar-refractivity contribution in [2.24, 2.45) is 0 Å². The zero-order chi connectivity index (χ0) is 25.6. The molecule has 2 aromatic heterocycles. The van der Waals surface area contributed by atoms with E-state index in [1.165, 1.54) is 11.3 Å². The van der Waals surface area contributed by atoms with Crippen LogP contribution in [0.15, 0.2) is 64.8 Å². The van der Waals surface area contributed by atoms with Crippen molar-refractivity contribution in [3.63, 3.8) is 0 Å². The number of hydrogen-bond acceptors (Lipinski definition) is 8. The Bertz CT molecular complexity index is 1370. The number of aromatic amines is 1. The molecular weight excluding hydrogens is 488 g/mol. The summed E-state index contributed by atoms with van der Waals surface area (Å²) >= 11 is 1.46. The van der Waals surface area contributed by atoms with Gasteiger partial charge < -0.3 is 19.6 Å². The molecule has 3 heterocycles. The van der Waals surface area contributed by atoms with Crippen LogP contribution in [0.4, 0.5) is 0 Å². The van der Waals surface area contributed by atoms with Crippen LogP contribution in [-0.2, 0) is 11.3 Å². The maximum Gasteiger partial charge on any atom is 0.260 e. The van der Waals surface area contributed by atoms with Crippen LogP contribution in [0.25, 0.3) is 21.3 Å². The standard InChI is InChI=1S/C28H32N4O4S/c1-35-22-9-5-8-21(16-22)23-19-37-28-26(23)27(34)29-25(30-28)18-32(11-10-31-12-14-36-15-13-31)17-24(33)20-6-3-2-4-7-20/h2-9,16,19,24,33H,10-15,17-18H2,1H3,(H,29,30,34). The van der Waals surface area contributed by atoms with Crippen molar-refractivity contribution in [3.8, 4) is 16.9 Å². The van der Waals surface area contributed by atoms with Gasteiger partial charge in [-0.05, 0) is 23.3 Å². The summed E-state index contributed by atoms with van der Waals surface area (Å²) in [6.07, 6.45) is -0.636. The first kappa shape index (κ1) is 25.6. The molecule has 0 aliphatic carbocycles. The minimum Gasteiger partial charge on any atom is -0.497 e. The third-order valence-electron chi connectivity index (χ3n) is 6.70. The number of aromatic nitrogens is 2. The van der Waals surface area contributed by atoms with Crippen LogP contribution in [0, 0.1) is 0 Å². The van der Waals surface area contributed by atoms with Gasteiger partial charge in [-0.3, -0.25) is 14.6 Å². The van der Waals surface area contributed by atoms with Gasteiger partial charge in [0.15, 0.2) is 0 Å². The monoisotopic (exact) mass is 520 g/mol. The van der Waals surface area contributed by atoms with Gasteiger partial charge in [-0.1, -0.05) is 42.5 Å². The molecule has 0 amide bonds. The van der Waals surface area contributed by atoms with E-state index >= 15 is 0 Å². The normalized spacial score (nSPS) is 15.3. The number of H-pyrrole nitrogens is 1. The molecule has 5 rings (SSSR count). The summed E-state index contributed by atoms with van der Waals surface area (Å²) in [6, 6.07) is 17.4. The molecule has 0 saturated carbocycles. The quantitative estimate of drug-likeness (QED) is 0.331. The Balaban J connectivity index is 1.38. The van der Waals surface area contributed by atoms with Crippen LogP contribution < -0.4 is 10.3 Å². The Labute approximate surface area is 220 Å². The van der Waals surface area contributed by atoms with Crippen molar-refractivity contribution in [2.75, 3.05) is 53.0 Å². The van der Waals surface area contributed by atoms with Crippen molar-refractivity contribution in [1.29, 1.82) is 0 Å². The highest BCUT2D eigenvalue weighted by atomic mass is 32.1. The lowest BCUT2D eigenvalue weighted by Gasteiger charge is -2.30. The van der Waals surface area contributed by atoms with E-state index in [-0.39, 0.29) is 5.56 Å². The van der Waals surface area contributed by atoms with Crippen LogP contribution in [-0.4, -0.2) is 77.9 Å². The van der Waals surface area contributed by atoms with E-state index in [4.69, 9.17) is 14.5 Å². The molecule has 1 saturated heterocycles. The molecule has 1 aliphatic heterocycles. The molecule has 1 atom stereocenters. The summed E-state index contributed by atoms with van der Waals surface area (Å²) < 4.78 is 10.8. The first-order chi connectivity index (χ1) is 18.1. The van der Waals surface area contributed by atoms with Gasteiger partial charge in [0, 0.05) is 43.7 Å². The summed E-state index contributed by atoms with van der Waals surface area (Å²) in [5.41, 5.74) is 2.49. The Morgan fingerprint density at radius 2 is 2.00 bits per heavy atom. The molecule has 0 radical (unpaired) electrons. The maximum absolute atomic E-state index is 13.2. The molecule has 1 fully saturated rings. The summed E-state index contributed by atoms with van der Waals surface area (Å²) in [5, 5.41) is 13.5. The summed E-state index contributed by atoms with van der Waals surface area (Å²) in [7, 11) is 1.63. The van der Waals surface area contributed by atoms with Gasteiger partial charge in [0.2, 0.25) is 0 Å². The summed E-state index contributed by atoms with van der Waals surface area (Å²) in [4.78, 5) is 26.3. The number of methoxy groups -OCH3 is 1. The zero-order valence-corrected chi connectivity index (χ0v) is 21.7. The van der Waals surface area contributed by atoms with E-state index in [9.17, 15) is 9.90 Å². The highest BCUT2D eigenvalue weighted by Gasteiger charge is 2.19. The third-order valence-corrected chi connectivity index (χ3v) is 7.57. The number of benzene rings is 2. The topological polar surface area (TPSA) is 90.9 Å². The lowest BCUT2D eigenvalue weighted by Crippen LogP contribution is -2.42. The van der Waals surface area contributed by atoms with E-state index < -0.39 is 6.10 Å². The number of morpholine rings is 1. The van der Waals surface area contributed by atoms with Gasteiger partial charge in [0.05, 0.1) is 38.4 Å². The second-order valence-corrected chi connectivity index (χ2v) is 10.0. The van der Waals surface area contributed by atoms with Crippen molar-refractivity contribution in [3.05, 3.63) is 81.7 Å². The molecule has 2 N–H and O–H groups in total. The molecule has 0 bridgehead atoms. The fraction of sp³-hybridized carbons (Fsp3) is 0.357. The number of aliphatic hydroxyl groups excluding tert-OH is 1. The number of nitrogens with one attached hydrogen (secondary N) is 1. The second kappa shape index (κ2) is 12.0. The third kappa shape index (κ3) is 6.26. The first-order valence-electron chi connectivity index (χ1n) is 12.5. The molecule has 1 unspecified atom stereocenters. The van der Waals surface area contributed by atoms with E-state index in [0.29, 0.717) is 29.1 Å². The predicted octanol–water partition coefficient (Wildman–Crippen LogP) is 3.53. The fourth-order valence-electron chi connectivity index (χ4n) is 4.65. The van der Waals surface area contributed by atoms with Crippen molar-refractivity contribution in [1.82, 2.24) is 19.8 Å². The largest absolute Gasteiger partial charge is 0.497 e. The van der Waals surface area contributed by atoms with Crippen LogP contribution in [0.1, 0.15) is 17.5 Å². The Hall–Kier alpha value is -3.08. The number of thiophene rings is 1.